The van der Waals surface area contributed by atoms with Gasteiger partial charge in [0.15, 0.2) is 0 Å². The van der Waals surface area contributed by atoms with Crippen molar-refractivity contribution in [3.63, 3.8) is 0 Å². The molecule has 1 unspecified atom stereocenters. The molecule has 1 heterocycles. The van der Waals surface area contributed by atoms with Crippen LogP contribution in [0.25, 0.3) is 0 Å². The molecule has 0 spiro atoms. The van der Waals surface area contributed by atoms with Crippen LogP contribution in [0, 0.1) is 6.08 Å². The fourth-order valence-corrected chi connectivity index (χ4v) is 0.770. The maximum atomic E-state index is 12.5. The Hall–Kier alpha value is -1.19. The first-order chi connectivity index (χ1) is 5.72. The van der Waals surface area contributed by atoms with E-state index in [1.165, 1.54) is 6.20 Å². The number of rotatable bonds is 3. The maximum Gasteiger partial charge on any atom is 0.310 e. The lowest BCUT2D eigenvalue weighted by Gasteiger charge is -2.10. The molecule has 1 aromatic heterocycles. The Morgan fingerprint density at radius 2 is 2.42 bits per heavy atom. The Balaban J connectivity index is 2.63. The van der Waals surface area contributed by atoms with Gasteiger partial charge in [-0.2, -0.15) is 9.37 Å². The minimum absolute atomic E-state index is 0.305. The van der Waals surface area contributed by atoms with Crippen LogP contribution in [-0.2, 0) is 0 Å². The predicted molar refractivity (Wildman–Crippen MR) is 45.4 cm³/mol. The van der Waals surface area contributed by atoms with Gasteiger partial charge in [-0.25, -0.2) is 4.98 Å². The highest BCUT2D eigenvalue weighted by atomic mass is 19.1. The number of hydrogen-bond donors (Lipinski definition) is 1. The lowest BCUT2D eigenvalue weighted by atomic mass is 10.2. The lowest BCUT2D eigenvalue weighted by molar-refractivity contribution is 0.539. The third-order valence-corrected chi connectivity index (χ3v) is 1.63. The third kappa shape index (κ3) is 2.45. The summed E-state index contributed by atoms with van der Waals surface area (Å²) in [5, 5.41) is 3.04. The number of halogens is 1. The molecule has 0 aliphatic carbocycles. The molecule has 1 rings (SSSR count). The lowest BCUT2D eigenvalue weighted by Crippen LogP contribution is -2.14. The molecular formula is C8H12FN3. The van der Waals surface area contributed by atoms with Crippen LogP contribution in [0.4, 0.5) is 10.2 Å². The molecule has 4 heteroatoms. The second-order valence-corrected chi connectivity index (χ2v) is 2.66. The zero-order chi connectivity index (χ0) is 8.97. The number of nitrogens with zero attached hydrogens (tertiary/aromatic N) is 2. The van der Waals surface area contributed by atoms with Gasteiger partial charge in [-0.05, 0) is 19.4 Å². The first-order valence-corrected chi connectivity index (χ1v) is 3.97. The quantitative estimate of drug-likeness (QED) is 0.701. The van der Waals surface area contributed by atoms with Crippen molar-refractivity contribution in [1.29, 1.82) is 0 Å². The van der Waals surface area contributed by atoms with Gasteiger partial charge in [0.1, 0.15) is 5.82 Å². The molecule has 1 N–H and O–H groups in total. The molecule has 0 saturated carbocycles. The fraction of sp³-hybridized carbons (Fsp3) is 0.500. The number of hydrogen-bond acceptors (Lipinski definition) is 3. The highest BCUT2D eigenvalue weighted by Crippen LogP contribution is 2.04. The highest BCUT2D eigenvalue weighted by Gasteiger charge is 2.00. The van der Waals surface area contributed by atoms with Crippen LogP contribution in [0.5, 0.6) is 0 Å². The van der Waals surface area contributed by atoms with Crippen LogP contribution in [0.3, 0.4) is 0 Å². The minimum atomic E-state index is -0.691. The molecule has 1 aromatic rings. The van der Waals surface area contributed by atoms with Crippen molar-refractivity contribution < 1.29 is 4.39 Å². The average Bonchev–Trinajstić information content (AvgIpc) is 2.04. The first-order valence-electron chi connectivity index (χ1n) is 3.97. The molecule has 0 bridgehead atoms. The third-order valence-electron chi connectivity index (χ3n) is 1.63. The van der Waals surface area contributed by atoms with Crippen LogP contribution in [0.15, 0.2) is 12.3 Å². The summed E-state index contributed by atoms with van der Waals surface area (Å²) in [6.07, 6.45) is 1.68. The van der Waals surface area contributed by atoms with Crippen LogP contribution < -0.4 is 5.32 Å². The summed E-state index contributed by atoms with van der Waals surface area (Å²) in [5.41, 5.74) is 0. The molecule has 0 fully saturated rings. The van der Waals surface area contributed by atoms with Gasteiger partial charge in [-0.1, -0.05) is 6.92 Å². The standard InChI is InChI=1S/C8H12FN3/c1-3-6(2)11-7-4-5-10-8(9)12-7/h4-6H,3H2,1-2H3,(H,10,11,12). The van der Waals surface area contributed by atoms with Gasteiger partial charge in [0.25, 0.3) is 0 Å². The molecule has 12 heavy (non-hydrogen) atoms. The zero-order valence-electron chi connectivity index (χ0n) is 7.21. The monoisotopic (exact) mass is 169 g/mol. The van der Waals surface area contributed by atoms with E-state index in [0.29, 0.717) is 11.9 Å². The summed E-state index contributed by atoms with van der Waals surface area (Å²) in [5.74, 6) is 0.539. The number of aromatic nitrogens is 2. The molecular weight excluding hydrogens is 157 g/mol. The van der Waals surface area contributed by atoms with E-state index in [-0.39, 0.29) is 0 Å². The summed E-state index contributed by atoms with van der Waals surface area (Å²) < 4.78 is 12.5. The molecule has 0 aliphatic heterocycles. The second kappa shape index (κ2) is 3.99. The molecule has 0 amide bonds. The van der Waals surface area contributed by atoms with Crippen molar-refractivity contribution >= 4 is 5.82 Å². The molecule has 0 aromatic carbocycles. The van der Waals surface area contributed by atoms with Gasteiger partial charge in [0.05, 0.1) is 0 Å². The molecule has 3 nitrogen and oxygen atoms in total. The van der Waals surface area contributed by atoms with E-state index in [9.17, 15) is 4.39 Å². The maximum absolute atomic E-state index is 12.5. The van der Waals surface area contributed by atoms with Gasteiger partial charge in [0, 0.05) is 12.2 Å². The Morgan fingerprint density at radius 1 is 1.67 bits per heavy atom. The summed E-state index contributed by atoms with van der Waals surface area (Å²) in [7, 11) is 0. The second-order valence-electron chi connectivity index (χ2n) is 2.66. The average molecular weight is 169 g/mol. The Morgan fingerprint density at radius 3 is 3.00 bits per heavy atom. The minimum Gasteiger partial charge on any atom is -0.367 e. The van der Waals surface area contributed by atoms with Crippen molar-refractivity contribution in [1.82, 2.24) is 9.97 Å². The summed E-state index contributed by atoms with van der Waals surface area (Å²) >= 11 is 0. The summed E-state index contributed by atoms with van der Waals surface area (Å²) in [6.45, 7) is 4.06. The summed E-state index contributed by atoms with van der Waals surface area (Å²) in [4.78, 5) is 6.93. The van der Waals surface area contributed by atoms with Crippen molar-refractivity contribution in [3.8, 4) is 0 Å². The van der Waals surface area contributed by atoms with E-state index in [0.717, 1.165) is 6.42 Å². The SMILES string of the molecule is CCC(C)Nc1ccnc(F)n1. The van der Waals surface area contributed by atoms with Gasteiger partial charge >= 0.3 is 6.08 Å². The Bertz CT molecular complexity index is 252. The normalized spacial score (nSPS) is 12.6. The molecule has 0 aliphatic rings. The topological polar surface area (TPSA) is 37.8 Å². The molecule has 66 valence electrons. The number of anilines is 1. The van der Waals surface area contributed by atoms with Gasteiger partial charge < -0.3 is 5.32 Å². The van der Waals surface area contributed by atoms with Crippen LogP contribution in [0.1, 0.15) is 20.3 Å². The highest BCUT2D eigenvalue weighted by molar-refractivity contribution is 5.32. The predicted octanol–water partition coefficient (Wildman–Crippen LogP) is 1.83. The zero-order valence-corrected chi connectivity index (χ0v) is 7.21. The Kier molecular flexibility index (Phi) is 2.96. The van der Waals surface area contributed by atoms with Crippen LogP contribution in [0.2, 0.25) is 0 Å². The van der Waals surface area contributed by atoms with E-state index in [1.54, 1.807) is 6.07 Å². The van der Waals surface area contributed by atoms with Crippen LogP contribution >= 0.6 is 0 Å². The van der Waals surface area contributed by atoms with Crippen molar-refractivity contribution in [2.45, 2.75) is 26.3 Å². The molecule has 0 radical (unpaired) electrons. The van der Waals surface area contributed by atoms with E-state index < -0.39 is 6.08 Å². The van der Waals surface area contributed by atoms with E-state index in [1.807, 2.05) is 6.92 Å². The molecule has 1 atom stereocenters. The fourth-order valence-electron chi connectivity index (χ4n) is 0.770. The van der Waals surface area contributed by atoms with E-state index in [4.69, 9.17) is 0 Å². The molecule has 0 saturated heterocycles. The van der Waals surface area contributed by atoms with Gasteiger partial charge in [-0.15, -0.1) is 0 Å². The first kappa shape index (κ1) is 8.90. The van der Waals surface area contributed by atoms with Crippen LogP contribution in [-0.4, -0.2) is 16.0 Å². The summed E-state index contributed by atoms with van der Waals surface area (Å²) in [6, 6.07) is 1.95. The van der Waals surface area contributed by atoms with Crippen molar-refractivity contribution in [3.05, 3.63) is 18.3 Å². The number of nitrogens with one attached hydrogen (secondary N) is 1. The van der Waals surface area contributed by atoms with E-state index in [2.05, 4.69) is 22.2 Å². The van der Waals surface area contributed by atoms with Gasteiger partial charge in [0.2, 0.25) is 0 Å². The van der Waals surface area contributed by atoms with Crippen molar-refractivity contribution in [2.24, 2.45) is 0 Å². The van der Waals surface area contributed by atoms with Crippen molar-refractivity contribution in [2.75, 3.05) is 5.32 Å². The largest absolute Gasteiger partial charge is 0.367 e. The van der Waals surface area contributed by atoms with E-state index >= 15 is 0 Å². The smallest absolute Gasteiger partial charge is 0.310 e. The van der Waals surface area contributed by atoms with Gasteiger partial charge in [-0.3, -0.25) is 0 Å². The Labute approximate surface area is 71.0 Å².